The van der Waals surface area contributed by atoms with E-state index in [-0.39, 0.29) is 0 Å². The van der Waals surface area contributed by atoms with Gasteiger partial charge in [0.25, 0.3) is 11.6 Å². The number of carbonyl (C=O) groups excluding carboxylic acids is 2. The van der Waals surface area contributed by atoms with Crippen LogP contribution in [0.25, 0.3) is 0 Å². The number of aromatic nitrogens is 2. The third-order valence-electron chi connectivity index (χ3n) is 2.71. The van der Waals surface area contributed by atoms with E-state index in [2.05, 4.69) is 9.97 Å². The minimum atomic E-state index is -1.55. The molecular weight excluding hydrogens is 424 g/mol. The number of anilines is 2. The van der Waals surface area contributed by atoms with Gasteiger partial charge in [0.1, 0.15) is 0 Å². The first-order chi connectivity index (χ1) is 14.8. The number of rotatable bonds is 4. The van der Waals surface area contributed by atoms with Crippen LogP contribution in [0.3, 0.4) is 0 Å². The minimum absolute atomic E-state index is 0.384. The fourth-order valence-electron chi connectivity index (χ4n) is 1.31. The molecule has 2 heterocycles. The number of pyridine rings is 2. The van der Waals surface area contributed by atoms with Gasteiger partial charge in [-0.15, -0.1) is 0 Å². The van der Waals surface area contributed by atoms with Crippen LogP contribution in [0.2, 0.25) is 0 Å². The van der Waals surface area contributed by atoms with E-state index in [9.17, 15) is 29.4 Å². The predicted octanol–water partition coefficient (Wildman–Crippen LogP) is -2.46. The quantitative estimate of drug-likeness (QED) is 0.360. The topological polar surface area (TPSA) is 235 Å². The number of H-pyrrole nitrogens is 2. The third-order valence-corrected chi connectivity index (χ3v) is 2.71. The van der Waals surface area contributed by atoms with Gasteiger partial charge in [-0.05, 0) is 49.3 Å². The molecular formula is C20H24N4O8. The highest BCUT2D eigenvalue weighted by Crippen LogP contribution is 1.93. The summed E-state index contributed by atoms with van der Waals surface area (Å²) in [4.78, 5) is 43.7. The molecule has 2 aromatic rings. The van der Waals surface area contributed by atoms with Crippen molar-refractivity contribution < 1.29 is 49.6 Å². The van der Waals surface area contributed by atoms with Crippen LogP contribution in [-0.2, 0) is 19.2 Å². The third kappa shape index (κ3) is 23.3. The molecule has 0 fully saturated rings. The number of aromatic amines is 2. The van der Waals surface area contributed by atoms with Crippen LogP contribution in [-0.4, -0.2) is 34.1 Å². The summed E-state index contributed by atoms with van der Waals surface area (Å²) < 4.78 is 0. The highest BCUT2D eigenvalue weighted by Gasteiger charge is 1.89. The van der Waals surface area contributed by atoms with E-state index in [0.717, 1.165) is 0 Å². The Kier molecular flexibility index (Phi) is 15.8. The summed E-state index contributed by atoms with van der Waals surface area (Å²) >= 11 is 0. The number of carboxylic acids is 4. The number of carbonyl (C=O) groups is 4. The maximum atomic E-state index is 9.55. The average molecular weight is 448 g/mol. The van der Waals surface area contributed by atoms with Gasteiger partial charge in [0, 0.05) is 24.3 Å². The van der Waals surface area contributed by atoms with Crippen molar-refractivity contribution in [3.8, 4) is 0 Å². The Balaban J connectivity index is 0. The van der Waals surface area contributed by atoms with Gasteiger partial charge in [-0.3, -0.25) is 11.5 Å². The number of hydrogen-bond acceptors (Lipinski definition) is 8. The number of aliphatic carboxylic acids is 4. The summed E-state index contributed by atoms with van der Waals surface area (Å²) in [6.07, 6.45) is 5.62. The predicted molar refractivity (Wildman–Crippen MR) is 108 cm³/mol. The first-order valence-electron chi connectivity index (χ1n) is 8.55. The van der Waals surface area contributed by atoms with Crippen LogP contribution in [0.15, 0.2) is 61.0 Å². The van der Waals surface area contributed by atoms with Gasteiger partial charge in [-0.1, -0.05) is 0 Å². The van der Waals surface area contributed by atoms with E-state index in [1.165, 1.54) is 11.1 Å². The molecule has 0 spiro atoms. The lowest BCUT2D eigenvalue weighted by molar-refractivity contribution is -0.361. The number of nitrogens with two attached hydrogens (primary N) is 2. The molecule has 0 saturated carbocycles. The number of hydrogen-bond donors (Lipinski definition) is 4. The smallest absolute Gasteiger partial charge is 0.328 e. The number of carboxylic acid groups (broad SMARTS) is 4. The summed E-state index contributed by atoms with van der Waals surface area (Å²) in [5.74, 6) is -4.20. The Hall–Kier alpha value is -4.74. The van der Waals surface area contributed by atoms with E-state index in [4.69, 9.17) is 21.7 Å². The first kappa shape index (κ1) is 29.5. The highest BCUT2D eigenvalue weighted by atomic mass is 16.4. The highest BCUT2D eigenvalue weighted by molar-refractivity contribution is 5.89. The Bertz CT molecular complexity index is 772. The Labute approximate surface area is 183 Å². The molecule has 32 heavy (non-hydrogen) atoms. The largest absolute Gasteiger partial charge is 0.545 e. The molecule has 12 heteroatoms. The molecule has 172 valence electrons. The van der Waals surface area contributed by atoms with Crippen molar-refractivity contribution in [1.29, 1.82) is 0 Å². The van der Waals surface area contributed by atoms with Gasteiger partial charge in [-0.2, -0.15) is 0 Å². The zero-order valence-corrected chi connectivity index (χ0v) is 17.3. The second-order valence-corrected chi connectivity index (χ2v) is 5.62. The lowest BCUT2D eigenvalue weighted by Crippen LogP contribution is -2.23. The van der Waals surface area contributed by atoms with Crippen molar-refractivity contribution in [3.63, 3.8) is 0 Å². The van der Waals surface area contributed by atoms with Crippen molar-refractivity contribution in [1.82, 2.24) is 0 Å². The SMILES string of the molecule is Cc1ccc(N)[nH+]c1.Cc1ccc(N)[nH+]c1.O=C(O)/C=C/C(=O)O.O=C([O-])/C=C/C(=O)[O-]. The average Bonchev–Trinajstić information content (AvgIpc) is 2.71. The summed E-state index contributed by atoms with van der Waals surface area (Å²) in [5, 5.41) is 34.5. The van der Waals surface area contributed by atoms with Gasteiger partial charge in [0.2, 0.25) is 0 Å². The summed E-state index contributed by atoms with van der Waals surface area (Å²) in [6, 6.07) is 7.61. The maximum absolute atomic E-state index is 9.55. The molecule has 0 aliphatic carbocycles. The van der Waals surface area contributed by atoms with Gasteiger partial charge in [-0.25, -0.2) is 19.6 Å². The van der Waals surface area contributed by atoms with E-state index < -0.39 is 23.9 Å². The number of nitrogens with one attached hydrogen (secondary N) is 2. The minimum Gasteiger partial charge on any atom is -0.545 e. The zero-order valence-electron chi connectivity index (χ0n) is 17.3. The van der Waals surface area contributed by atoms with Crippen molar-refractivity contribution >= 4 is 35.5 Å². The molecule has 0 saturated heterocycles. The molecule has 2 aromatic heterocycles. The van der Waals surface area contributed by atoms with E-state index in [1.807, 2.05) is 50.5 Å². The molecule has 8 N–H and O–H groups in total. The van der Waals surface area contributed by atoms with Gasteiger partial charge in [0.15, 0.2) is 0 Å². The van der Waals surface area contributed by atoms with Crippen LogP contribution in [0.4, 0.5) is 11.6 Å². The molecule has 0 atom stereocenters. The number of aryl methyl sites for hydroxylation is 2. The maximum Gasteiger partial charge on any atom is 0.328 e. The van der Waals surface area contributed by atoms with Gasteiger partial charge in [0.05, 0.1) is 24.3 Å². The van der Waals surface area contributed by atoms with E-state index >= 15 is 0 Å². The van der Waals surface area contributed by atoms with E-state index in [1.54, 1.807) is 0 Å². The Morgan fingerprint density at radius 1 is 0.719 bits per heavy atom. The molecule has 0 radical (unpaired) electrons. The second-order valence-electron chi connectivity index (χ2n) is 5.62. The van der Waals surface area contributed by atoms with Crippen molar-refractivity contribution in [2.45, 2.75) is 13.8 Å². The summed E-state index contributed by atoms with van der Waals surface area (Å²) in [6.45, 7) is 4.02. The first-order valence-corrected chi connectivity index (χ1v) is 8.55. The molecule has 0 bridgehead atoms. The fraction of sp³-hybridized carbons (Fsp3) is 0.100. The van der Waals surface area contributed by atoms with Crippen LogP contribution in [0, 0.1) is 13.8 Å². The summed E-state index contributed by atoms with van der Waals surface area (Å²) in [7, 11) is 0. The lowest BCUT2D eigenvalue weighted by Gasteiger charge is -1.90. The van der Waals surface area contributed by atoms with Gasteiger partial charge >= 0.3 is 11.9 Å². The second kappa shape index (κ2) is 17.1. The molecule has 2 rings (SSSR count). The normalized spacial score (nSPS) is 9.31. The molecule has 12 nitrogen and oxygen atoms in total. The molecule has 0 aliphatic heterocycles. The Morgan fingerprint density at radius 3 is 1.19 bits per heavy atom. The summed E-state index contributed by atoms with van der Waals surface area (Å²) in [5.41, 5.74) is 13.1. The molecule has 0 amide bonds. The zero-order chi connectivity index (χ0) is 25.1. The van der Waals surface area contributed by atoms with Crippen molar-refractivity contribution in [2.75, 3.05) is 11.5 Å². The number of nitrogen functional groups attached to an aromatic ring is 2. The lowest BCUT2D eigenvalue weighted by atomic mass is 10.3. The van der Waals surface area contributed by atoms with Crippen LogP contribution < -0.4 is 31.6 Å². The van der Waals surface area contributed by atoms with Crippen molar-refractivity contribution in [3.05, 3.63) is 72.1 Å². The van der Waals surface area contributed by atoms with Crippen molar-refractivity contribution in [2.24, 2.45) is 0 Å². The van der Waals surface area contributed by atoms with Crippen LogP contribution >= 0.6 is 0 Å². The standard InChI is InChI=1S/2C6H8N2.2C4H4O4/c2*1-5-2-3-6(7)8-4-5;2*5-3(6)1-2-4(7)8/h2*2-4H,1H3,(H2,7,8);2*1-2H,(H,5,6)(H,7,8)/b;;2*2-1+. The van der Waals surface area contributed by atoms with Crippen LogP contribution in [0.1, 0.15) is 11.1 Å². The monoisotopic (exact) mass is 448 g/mol. The van der Waals surface area contributed by atoms with Gasteiger partial charge < -0.3 is 30.0 Å². The Morgan fingerprint density at radius 2 is 1.03 bits per heavy atom. The fourth-order valence-corrected chi connectivity index (χ4v) is 1.31. The molecule has 0 aliphatic rings. The molecule has 0 aromatic carbocycles. The molecule has 0 unspecified atom stereocenters. The van der Waals surface area contributed by atoms with E-state index in [0.29, 0.717) is 35.9 Å². The van der Waals surface area contributed by atoms with Crippen LogP contribution in [0.5, 0.6) is 0 Å².